The molecule has 2 N–H and O–H groups in total. The molecule has 6 nitrogen and oxygen atoms in total. The fourth-order valence-electron chi connectivity index (χ4n) is 3.29. The van der Waals surface area contributed by atoms with E-state index in [9.17, 15) is 14.4 Å². The molecule has 122 valence electrons. The summed E-state index contributed by atoms with van der Waals surface area (Å²) in [6.07, 6.45) is 0.590. The number of benzene rings is 1. The Labute approximate surface area is 135 Å². The Bertz CT molecular complexity index is 629. The van der Waals surface area contributed by atoms with Crippen molar-refractivity contribution >= 4 is 17.7 Å². The van der Waals surface area contributed by atoms with Gasteiger partial charge in [0.15, 0.2) is 0 Å². The first-order chi connectivity index (χ1) is 11.0. The summed E-state index contributed by atoms with van der Waals surface area (Å²) in [4.78, 5) is 38.8. The van der Waals surface area contributed by atoms with E-state index in [4.69, 9.17) is 0 Å². The van der Waals surface area contributed by atoms with E-state index in [-0.39, 0.29) is 29.7 Å². The maximum Gasteiger partial charge on any atom is 0.251 e. The van der Waals surface area contributed by atoms with Crippen molar-refractivity contribution in [1.82, 2.24) is 15.5 Å². The molecule has 3 unspecified atom stereocenters. The summed E-state index contributed by atoms with van der Waals surface area (Å²) in [6.45, 7) is 4.32. The fourth-order valence-corrected chi connectivity index (χ4v) is 3.29. The second-order valence-electron chi connectivity index (χ2n) is 6.44. The summed E-state index contributed by atoms with van der Waals surface area (Å²) in [5.41, 5.74) is 0.550. The van der Waals surface area contributed by atoms with Gasteiger partial charge in [-0.1, -0.05) is 32.0 Å². The number of piperazine rings is 1. The number of amides is 3. The number of carbonyl (C=O) groups excluding carboxylic acids is 3. The fraction of sp³-hybridized carbons (Fsp3) is 0.471. The van der Waals surface area contributed by atoms with Crippen LogP contribution in [0.1, 0.15) is 30.6 Å². The standard InChI is InChI=1S/C17H21N3O3/c1-10(2)13-17(23)20-9-8-12(14(20)16(22)19-13)18-15(21)11-6-4-3-5-7-11/h3-7,10,12-14H,8-9H2,1-2H3,(H,18,21)(H,19,22). The number of carbonyl (C=O) groups is 3. The van der Waals surface area contributed by atoms with Crippen LogP contribution in [0.5, 0.6) is 0 Å². The zero-order valence-electron chi connectivity index (χ0n) is 13.3. The largest absolute Gasteiger partial charge is 0.347 e. The van der Waals surface area contributed by atoms with E-state index in [1.807, 2.05) is 19.9 Å². The van der Waals surface area contributed by atoms with Gasteiger partial charge in [-0.25, -0.2) is 0 Å². The van der Waals surface area contributed by atoms with Crippen LogP contribution in [-0.4, -0.2) is 47.3 Å². The summed E-state index contributed by atoms with van der Waals surface area (Å²) in [6, 6.07) is 7.45. The smallest absolute Gasteiger partial charge is 0.251 e. The van der Waals surface area contributed by atoms with Crippen molar-refractivity contribution < 1.29 is 14.4 Å². The maximum atomic E-state index is 12.5. The lowest BCUT2D eigenvalue weighted by atomic mass is 9.97. The third-order valence-electron chi connectivity index (χ3n) is 4.53. The van der Waals surface area contributed by atoms with E-state index in [1.165, 1.54) is 0 Å². The number of hydrogen-bond acceptors (Lipinski definition) is 3. The van der Waals surface area contributed by atoms with Gasteiger partial charge in [-0.05, 0) is 24.5 Å². The van der Waals surface area contributed by atoms with E-state index < -0.39 is 12.1 Å². The van der Waals surface area contributed by atoms with Crippen LogP contribution in [0.15, 0.2) is 30.3 Å². The van der Waals surface area contributed by atoms with Gasteiger partial charge in [0, 0.05) is 12.1 Å². The maximum absolute atomic E-state index is 12.5. The number of hydrogen-bond donors (Lipinski definition) is 2. The van der Waals surface area contributed by atoms with Crippen molar-refractivity contribution in [2.75, 3.05) is 6.54 Å². The van der Waals surface area contributed by atoms with Gasteiger partial charge in [0.2, 0.25) is 11.8 Å². The molecule has 1 aromatic rings. The SMILES string of the molecule is CC(C)C1NC(=O)C2C(NC(=O)c3ccccc3)CCN2C1=O. The topological polar surface area (TPSA) is 78.5 Å². The molecular formula is C17H21N3O3. The quantitative estimate of drug-likeness (QED) is 0.854. The molecule has 3 amide bonds. The Morgan fingerprint density at radius 1 is 1.26 bits per heavy atom. The van der Waals surface area contributed by atoms with Crippen LogP contribution < -0.4 is 10.6 Å². The molecule has 1 aromatic carbocycles. The van der Waals surface area contributed by atoms with Gasteiger partial charge in [-0.3, -0.25) is 14.4 Å². The molecule has 2 heterocycles. The molecule has 2 aliphatic heterocycles. The van der Waals surface area contributed by atoms with Crippen molar-refractivity contribution in [3.63, 3.8) is 0 Å². The summed E-state index contributed by atoms with van der Waals surface area (Å²) < 4.78 is 0. The van der Waals surface area contributed by atoms with Crippen molar-refractivity contribution in [3.05, 3.63) is 35.9 Å². The average molecular weight is 315 g/mol. The molecule has 6 heteroatoms. The molecule has 23 heavy (non-hydrogen) atoms. The minimum absolute atomic E-state index is 0.0466. The molecule has 0 radical (unpaired) electrons. The first-order valence-electron chi connectivity index (χ1n) is 7.96. The molecule has 2 fully saturated rings. The van der Waals surface area contributed by atoms with Crippen LogP contribution in [0, 0.1) is 5.92 Å². The number of nitrogens with one attached hydrogen (secondary N) is 2. The molecule has 2 aliphatic rings. The second-order valence-corrected chi connectivity index (χ2v) is 6.44. The molecule has 0 aromatic heterocycles. The normalized spacial score (nSPS) is 26.9. The Morgan fingerprint density at radius 2 is 1.96 bits per heavy atom. The third-order valence-corrected chi connectivity index (χ3v) is 4.53. The van der Waals surface area contributed by atoms with E-state index in [2.05, 4.69) is 10.6 Å². The summed E-state index contributed by atoms with van der Waals surface area (Å²) in [5.74, 6) is -0.408. The predicted octanol–water partition coefficient (Wildman–Crippen LogP) is 0.540. The minimum Gasteiger partial charge on any atom is -0.347 e. The minimum atomic E-state index is -0.606. The Kier molecular flexibility index (Phi) is 4.07. The van der Waals surface area contributed by atoms with Crippen LogP contribution >= 0.6 is 0 Å². The zero-order valence-corrected chi connectivity index (χ0v) is 13.3. The number of fused-ring (bicyclic) bond motifs is 1. The molecule has 2 saturated heterocycles. The van der Waals surface area contributed by atoms with E-state index in [1.54, 1.807) is 29.2 Å². The molecule has 3 atom stereocenters. The highest BCUT2D eigenvalue weighted by Gasteiger charge is 2.49. The van der Waals surface area contributed by atoms with E-state index in [0.29, 0.717) is 18.5 Å². The zero-order chi connectivity index (χ0) is 16.6. The second kappa shape index (κ2) is 6.02. The summed E-state index contributed by atoms with van der Waals surface area (Å²) in [7, 11) is 0. The first kappa shape index (κ1) is 15.5. The molecule has 0 saturated carbocycles. The van der Waals surface area contributed by atoms with Gasteiger partial charge in [0.1, 0.15) is 12.1 Å². The monoisotopic (exact) mass is 315 g/mol. The van der Waals surface area contributed by atoms with Gasteiger partial charge >= 0.3 is 0 Å². The molecule has 0 bridgehead atoms. The van der Waals surface area contributed by atoms with Crippen LogP contribution in [0.3, 0.4) is 0 Å². The average Bonchev–Trinajstić information content (AvgIpc) is 2.96. The van der Waals surface area contributed by atoms with Gasteiger partial charge < -0.3 is 15.5 Å². The highest BCUT2D eigenvalue weighted by atomic mass is 16.2. The van der Waals surface area contributed by atoms with Crippen molar-refractivity contribution in [2.45, 2.75) is 38.4 Å². The lowest BCUT2D eigenvalue weighted by molar-refractivity contribution is -0.148. The predicted molar refractivity (Wildman–Crippen MR) is 84.6 cm³/mol. The van der Waals surface area contributed by atoms with Gasteiger partial charge in [-0.15, -0.1) is 0 Å². The Balaban J connectivity index is 1.74. The van der Waals surface area contributed by atoms with Crippen LogP contribution in [0.4, 0.5) is 0 Å². The Morgan fingerprint density at radius 3 is 2.61 bits per heavy atom. The van der Waals surface area contributed by atoms with Gasteiger partial charge in [-0.2, -0.15) is 0 Å². The molecular weight excluding hydrogens is 294 g/mol. The Hall–Kier alpha value is -2.37. The number of rotatable bonds is 3. The lowest BCUT2D eigenvalue weighted by Gasteiger charge is -2.37. The van der Waals surface area contributed by atoms with Crippen LogP contribution in [-0.2, 0) is 9.59 Å². The van der Waals surface area contributed by atoms with Gasteiger partial charge in [0.25, 0.3) is 5.91 Å². The van der Waals surface area contributed by atoms with E-state index >= 15 is 0 Å². The third kappa shape index (κ3) is 2.81. The first-order valence-corrected chi connectivity index (χ1v) is 7.96. The summed E-state index contributed by atoms with van der Waals surface area (Å²) in [5, 5.41) is 5.69. The van der Waals surface area contributed by atoms with Crippen molar-refractivity contribution in [3.8, 4) is 0 Å². The van der Waals surface area contributed by atoms with Crippen molar-refractivity contribution in [1.29, 1.82) is 0 Å². The summed E-state index contributed by atoms with van der Waals surface area (Å²) >= 11 is 0. The lowest BCUT2D eigenvalue weighted by Crippen LogP contribution is -2.66. The molecule has 0 aliphatic carbocycles. The van der Waals surface area contributed by atoms with Crippen LogP contribution in [0.2, 0.25) is 0 Å². The van der Waals surface area contributed by atoms with Crippen LogP contribution in [0.25, 0.3) is 0 Å². The van der Waals surface area contributed by atoms with Gasteiger partial charge in [0.05, 0.1) is 6.04 Å². The molecule has 0 spiro atoms. The molecule has 3 rings (SSSR count). The number of nitrogens with zero attached hydrogens (tertiary/aromatic N) is 1. The highest BCUT2D eigenvalue weighted by Crippen LogP contribution is 2.25. The highest BCUT2D eigenvalue weighted by molar-refractivity contribution is 5.99. The van der Waals surface area contributed by atoms with Crippen molar-refractivity contribution in [2.24, 2.45) is 5.92 Å². The van der Waals surface area contributed by atoms with E-state index in [0.717, 1.165) is 0 Å².